The number of carboxylic acid groups (broad SMARTS) is 4. The number of hydrogen-bond acceptors (Lipinski definition) is 8. The third-order valence-electron chi connectivity index (χ3n) is 0. The van der Waals surface area contributed by atoms with E-state index in [2.05, 4.69) is 0 Å². The minimum absolute atomic E-state index is 0.972. The maximum atomic E-state index is 8.89. The van der Waals surface area contributed by atoms with Gasteiger partial charge < -0.3 is 39.6 Å². The standard InChI is InChI=1S/4C2H4O2/c4*1-2(3)4/h4*1H3,(H,3,4)/p-4. The van der Waals surface area contributed by atoms with Gasteiger partial charge in [0.25, 0.3) is 0 Å². The van der Waals surface area contributed by atoms with Gasteiger partial charge in [0.1, 0.15) is 0 Å². The third-order valence-corrected chi connectivity index (χ3v) is 0. The zero-order chi connectivity index (χ0) is 14.3. The topological polar surface area (TPSA) is 161 Å². The lowest BCUT2D eigenvalue weighted by Crippen LogP contribution is -2.16. The van der Waals surface area contributed by atoms with Crippen LogP contribution in [0.4, 0.5) is 0 Å². The molecule has 0 fully saturated rings. The number of aliphatic carboxylic acids is 4. The molecule has 0 aliphatic carbocycles. The molecule has 0 atom stereocenters. The molecule has 0 heterocycles. The summed E-state index contributed by atoms with van der Waals surface area (Å²) in [6.45, 7) is 3.89. The van der Waals surface area contributed by atoms with E-state index in [-0.39, 0.29) is 0 Å². The van der Waals surface area contributed by atoms with Gasteiger partial charge in [-0.2, -0.15) is 0 Å². The predicted molar refractivity (Wildman–Crippen MR) is 42.7 cm³/mol. The van der Waals surface area contributed by atoms with Gasteiger partial charge in [0.15, 0.2) is 0 Å². The first-order valence-electron chi connectivity index (χ1n) is 3.63. The Bertz CT molecular complexity index is 156. The number of carboxylic acids is 4. The molecule has 8 nitrogen and oxygen atoms in total. The molecule has 0 radical (unpaired) electrons. The largest absolute Gasteiger partial charge is 0.550 e. The average Bonchev–Trinajstić information content (AvgIpc) is 1.76. The van der Waals surface area contributed by atoms with Crippen LogP contribution in [0.2, 0.25) is 0 Å². The lowest BCUT2D eigenvalue weighted by atomic mass is 10.9. The molecule has 0 unspecified atom stereocenters. The zero-order valence-electron chi connectivity index (χ0n) is 9.27. The van der Waals surface area contributed by atoms with E-state index in [0.29, 0.717) is 0 Å². The molecule has 0 aromatic rings. The summed E-state index contributed by atoms with van der Waals surface area (Å²) in [4.78, 5) is 35.6. The normalized spacial score (nSPS) is 6.25. The van der Waals surface area contributed by atoms with Gasteiger partial charge in [0.2, 0.25) is 0 Å². The van der Waals surface area contributed by atoms with Crippen LogP contribution in [0.15, 0.2) is 0 Å². The highest BCUT2D eigenvalue weighted by atomic mass is 16.4. The van der Waals surface area contributed by atoms with Crippen LogP contribution in [0.5, 0.6) is 0 Å². The van der Waals surface area contributed by atoms with Crippen molar-refractivity contribution in [2.75, 3.05) is 0 Å². The van der Waals surface area contributed by atoms with E-state index in [1.807, 2.05) is 0 Å². The van der Waals surface area contributed by atoms with Gasteiger partial charge in [-0.3, -0.25) is 0 Å². The van der Waals surface area contributed by atoms with E-state index < -0.39 is 23.9 Å². The highest BCUT2D eigenvalue weighted by Gasteiger charge is 1.47. The predicted octanol–water partition coefficient (Wildman–Crippen LogP) is -4.98. The van der Waals surface area contributed by atoms with Crippen LogP contribution in [0, 0.1) is 0 Å². The van der Waals surface area contributed by atoms with Crippen molar-refractivity contribution in [1.29, 1.82) is 0 Å². The van der Waals surface area contributed by atoms with Gasteiger partial charge in [0.05, 0.1) is 0 Å². The minimum Gasteiger partial charge on any atom is -0.550 e. The molecule has 96 valence electrons. The van der Waals surface area contributed by atoms with Crippen LogP contribution in [0.25, 0.3) is 0 Å². The Morgan fingerprint density at radius 2 is 0.500 bits per heavy atom. The molecule has 0 aromatic carbocycles. The number of carbonyl (C=O) groups is 4. The van der Waals surface area contributed by atoms with Gasteiger partial charge in [-0.1, -0.05) is 0 Å². The first-order valence-corrected chi connectivity index (χ1v) is 3.63. The second kappa shape index (κ2) is 18.6. The molecule has 0 rings (SSSR count). The molecule has 0 saturated heterocycles. The molecule has 0 aromatic heterocycles. The Labute approximate surface area is 92.1 Å². The van der Waals surface area contributed by atoms with Crippen molar-refractivity contribution in [1.82, 2.24) is 0 Å². The van der Waals surface area contributed by atoms with E-state index in [1.54, 1.807) is 0 Å². The van der Waals surface area contributed by atoms with Crippen molar-refractivity contribution >= 4 is 23.9 Å². The maximum absolute atomic E-state index is 8.89. The summed E-state index contributed by atoms with van der Waals surface area (Å²) in [6, 6.07) is 0. The second-order valence-electron chi connectivity index (χ2n) is 1.97. The molecule has 0 aliphatic rings. The van der Waals surface area contributed by atoms with Gasteiger partial charge in [-0.25, -0.2) is 0 Å². The van der Waals surface area contributed by atoms with E-state index in [4.69, 9.17) is 39.6 Å². The number of rotatable bonds is 0. The smallest absolute Gasteiger partial charge is 0.0383 e. The molecule has 0 N–H and O–H groups in total. The average molecular weight is 236 g/mol. The Morgan fingerprint density at radius 1 is 0.500 bits per heavy atom. The highest BCUT2D eigenvalue weighted by molar-refractivity contribution is 5.61. The monoisotopic (exact) mass is 236 g/mol. The summed E-state index contributed by atoms with van der Waals surface area (Å²) in [5.41, 5.74) is 0. The van der Waals surface area contributed by atoms with Crippen LogP contribution in [0.1, 0.15) is 27.7 Å². The summed E-state index contributed by atoms with van der Waals surface area (Å²) >= 11 is 0. The lowest BCUT2D eigenvalue weighted by Gasteiger charge is -1.77. The number of carbonyl (C=O) groups excluding carboxylic acids is 4. The summed E-state index contributed by atoms with van der Waals surface area (Å²) in [5.74, 6) is -4.33. The van der Waals surface area contributed by atoms with Crippen LogP contribution < -0.4 is 20.4 Å². The third kappa shape index (κ3) is 313. The lowest BCUT2D eigenvalue weighted by molar-refractivity contribution is -0.303. The van der Waals surface area contributed by atoms with Gasteiger partial charge >= 0.3 is 0 Å². The Morgan fingerprint density at radius 3 is 0.500 bits per heavy atom. The molecule has 16 heavy (non-hydrogen) atoms. The second-order valence-corrected chi connectivity index (χ2v) is 1.97. The molecular weight excluding hydrogens is 224 g/mol. The first kappa shape index (κ1) is 23.6. The van der Waals surface area contributed by atoms with Crippen LogP contribution in [0.3, 0.4) is 0 Å². The van der Waals surface area contributed by atoms with Crippen molar-refractivity contribution in [3.8, 4) is 0 Å². The summed E-state index contributed by atoms with van der Waals surface area (Å²) in [7, 11) is 0. The van der Waals surface area contributed by atoms with Crippen LogP contribution in [-0.4, -0.2) is 23.9 Å². The molecule has 8 heteroatoms. The van der Waals surface area contributed by atoms with Crippen LogP contribution >= 0.6 is 0 Å². The molecule has 0 bridgehead atoms. The fourth-order valence-corrected chi connectivity index (χ4v) is 0. The Kier molecular flexibility index (Phi) is 27.5. The summed E-state index contributed by atoms with van der Waals surface area (Å²) < 4.78 is 0. The van der Waals surface area contributed by atoms with Gasteiger partial charge in [-0.05, 0) is 27.7 Å². The maximum Gasteiger partial charge on any atom is 0.0383 e. The van der Waals surface area contributed by atoms with Crippen LogP contribution in [-0.2, 0) is 19.2 Å². The van der Waals surface area contributed by atoms with E-state index in [9.17, 15) is 0 Å². The summed E-state index contributed by atoms with van der Waals surface area (Å²) in [5, 5.41) is 35.6. The van der Waals surface area contributed by atoms with E-state index in [1.165, 1.54) is 0 Å². The van der Waals surface area contributed by atoms with Crippen molar-refractivity contribution < 1.29 is 39.6 Å². The van der Waals surface area contributed by atoms with Gasteiger partial charge in [0, 0.05) is 23.9 Å². The van der Waals surface area contributed by atoms with Gasteiger partial charge in [-0.15, -0.1) is 0 Å². The fourth-order valence-electron chi connectivity index (χ4n) is 0. The van der Waals surface area contributed by atoms with Crippen molar-refractivity contribution in [2.45, 2.75) is 27.7 Å². The van der Waals surface area contributed by atoms with Crippen molar-refractivity contribution in [3.05, 3.63) is 0 Å². The molecule has 0 saturated carbocycles. The Balaban J connectivity index is -0.0000000600. The SMILES string of the molecule is CC(=O)[O-].CC(=O)[O-].CC(=O)[O-].CC(=O)[O-]. The minimum atomic E-state index is -1.08. The quantitative estimate of drug-likeness (QED) is 0.404. The molecule has 0 amide bonds. The zero-order valence-corrected chi connectivity index (χ0v) is 9.27. The molecular formula is C8H12O8-4. The first-order chi connectivity index (χ1) is 6.93. The van der Waals surface area contributed by atoms with E-state index in [0.717, 1.165) is 27.7 Å². The number of hydrogen-bond donors (Lipinski definition) is 0. The highest BCUT2D eigenvalue weighted by Crippen LogP contribution is 1.32. The van der Waals surface area contributed by atoms with E-state index >= 15 is 0 Å². The molecule has 0 spiro atoms. The van der Waals surface area contributed by atoms with Crippen molar-refractivity contribution in [3.63, 3.8) is 0 Å². The van der Waals surface area contributed by atoms with Crippen molar-refractivity contribution in [2.24, 2.45) is 0 Å². The summed E-state index contributed by atoms with van der Waals surface area (Å²) in [6.07, 6.45) is 0. The molecule has 0 aliphatic heterocycles. The fraction of sp³-hybridized carbons (Fsp3) is 0.500. The Hall–Kier alpha value is -2.12.